The van der Waals surface area contributed by atoms with Crippen LogP contribution in [0.2, 0.25) is 0 Å². The third-order valence-electron chi connectivity index (χ3n) is 6.43. The number of hydrogen-bond donors (Lipinski definition) is 0. The highest BCUT2D eigenvalue weighted by Gasteiger charge is 2.42. The van der Waals surface area contributed by atoms with Crippen molar-refractivity contribution in [2.45, 2.75) is 88.4 Å². The Morgan fingerprint density at radius 1 is 0.885 bits per heavy atom. The summed E-state index contributed by atoms with van der Waals surface area (Å²) in [6, 6.07) is 8.96. The lowest BCUT2D eigenvalue weighted by Gasteiger charge is -2.36. The molecule has 1 unspecified atom stereocenters. The van der Waals surface area contributed by atoms with Crippen molar-refractivity contribution >= 4 is 5.57 Å². The zero-order chi connectivity index (χ0) is 17.8. The molecule has 1 spiro atoms. The Balaban J connectivity index is 1.36. The Kier molecular flexibility index (Phi) is 5.78. The van der Waals surface area contributed by atoms with E-state index in [9.17, 15) is 0 Å². The van der Waals surface area contributed by atoms with Gasteiger partial charge in [0.15, 0.2) is 0 Å². The summed E-state index contributed by atoms with van der Waals surface area (Å²) in [5.74, 6) is 0.233. The second-order valence-electron chi connectivity index (χ2n) is 8.29. The van der Waals surface area contributed by atoms with Crippen LogP contribution >= 0.6 is 0 Å². The molecule has 3 nitrogen and oxygen atoms in total. The van der Waals surface area contributed by atoms with Crippen LogP contribution in [0.25, 0.3) is 5.57 Å². The number of rotatable bonds is 3. The smallest absolute Gasteiger partial charge is 0.201 e. The van der Waals surface area contributed by atoms with Crippen molar-refractivity contribution in [3.63, 3.8) is 0 Å². The Hall–Kier alpha value is -1.16. The van der Waals surface area contributed by atoms with E-state index in [1.54, 1.807) is 0 Å². The summed E-state index contributed by atoms with van der Waals surface area (Å²) < 4.78 is 6.02. The first-order chi connectivity index (χ1) is 12.8. The third-order valence-corrected chi connectivity index (χ3v) is 6.43. The lowest BCUT2D eigenvalue weighted by molar-refractivity contribution is -0.475. The zero-order valence-corrected chi connectivity index (χ0v) is 15.9. The molecule has 0 aromatic heterocycles. The molecular formula is C23H32O3. The topological polar surface area (TPSA) is 27.7 Å². The van der Waals surface area contributed by atoms with E-state index in [1.165, 1.54) is 50.5 Å². The second kappa shape index (κ2) is 8.24. The van der Waals surface area contributed by atoms with Gasteiger partial charge in [0, 0.05) is 12.8 Å². The van der Waals surface area contributed by atoms with Gasteiger partial charge in [-0.15, -0.1) is 0 Å². The first-order valence-electron chi connectivity index (χ1n) is 10.5. The Morgan fingerprint density at radius 2 is 1.54 bits per heavy atom. The summed E-state index contributed by atoms with van der Waals surface area (Å²) in [4.78, 5) is 11.3. The van der Waals surface area contributed by atoms with Crippen molar-refractivity contribution < 1.29 is 14.5 Å². The predicted octanol–water partition coefficient (Wildman–Crippen LogP) is 6.15. The highest BCUT2D eigenvalue weighted by atomic mass is 17.2. The van der Waals surface area contributed by atoms with E-state index in [-0.39, 0.29) is 6.10 Å². The molecule has 1 aromatic rings. The van der Waals surface area contributed by atoms with E-state index >= 15 is 0 Å². The fourth-order valence-electron chi connectivity index (χ4n) is 4.67. The van der Waals surface area contributed by atoms with Gasteiger partial charge in [-0.25, -0.2) is 9.78 Å². The molecule has 0 radical (unpaired) electrons. The molecule has 26 heavy (non-hydrogen) atoms. The largest absolute Gasteiger partial charge is 0.344 e. The van der Waals surface area contributed by atoms with E-state index in [4.69, 9.17) is 14.5 Å². The molecule has 2 aliphatic carbocycles. The van der Waals surface area contributed by atoms with Crippen LogP contribution in [0.15, 0.2) is 30.8 Å². The van der Waals surface area contributed by atoms with E-state index in [0.29, 0.717) is 6.61 Å². The molecule has 4 rings (SSSR count). The fourth-order valence-corrected chi connectivity index (χ4v) is 4.67. The summed E-state index contributed by atoms with van der Waals surface area (Å²) in [5, 5.41) is 0. The molecule has 0 bridgehead atoms. The minimum absolute atomic E-state index is 0.214. The van der Waals surface area contributed by atoms with Gasteiger partial charge >= 0.3 is 0 Å². The van der Waals surface area contributed by atoms with Gasteiger partial charge in [-0.3, -0.25) is 0 Å². The minimum atomic E-state index is -0.487. The molecule has 3 aliphatic rings. The van der Waals surface area contributed by atoms with Gasteiger partial charge in [-0.1, -0.05) is 62.9 Å². The number of hydrogen-bond acceptors (Lipinski definition) is 3. The zero-order valence-electron chi connectivity index (χ0n) is 15.9. The predicted molar refractivity (Wildman–Crippen MR) is 104 cm³/mol. The monoisotopic (exact) mass is 356 g/mol. The van der Waals surface area contributed by atoms with Crippen LogP contribution in [-0.4, -0.2) is 18.5 Å². The van der Waals surface area contributed by atoms with Crippen molar-refractivity contribution in [2.75, 3.05) is 6.61 Å². The van der Waals surface area contributed by atoms with Gasteiger partial charge in [-0.2, -0.15) is 0 Å². The average Bonchev–Trinajstić information content (AvgIpc) is 3.10. The summed E-state index contributed by atoms with van der Waals surface area (Å²) in [5.41, 5.74) is 3.55. The highest BCUT2D eigenvalue weighted by molar-refractivity contribution is 5.67. The Morgan fingerprint density at radius 3 is 2.15 bits per heavy atom. The molecule has 3 fully saturated rings. The standard InChI is InChI=1S/C23H32O3/c1-18(22-17-24-23(26-25-22)15-7-8-16-23)19-11-13-21(14-12-19)20-9-5-3-2-4-6-10-20/h11-14,20,22H,1-10,15-17H2. The first-order valence-corrected chi connectivity index (χ1v) is 10.5. The molecule has 1 aliphatic heterocycles. The molecule has 0 N–H and O–H groups in total. The van der Waals surface area contributed by atoms with Gasteiger partial charge in [0.05, 0.1) is 6.61 Å². The van der Waals surface area contributed by atoms with Crippen LogP contribution in [0, 0.1) is 0 Å². The van der Waals surface area contributed by atoms with Gasteiger partial charge in [0.25, 0.3) is 0 Å². The van der Waals surface area contributed by atoms with Gasteiger partial charge in [0.1, 0.15) is 6.10 Å². The van der Waals surface area contributed by atoms with Gasteiger partial charge < -0.3 is 4.74 Å². The SMILES string of the molecule is C=C(c1ccc(C2CCCCCCC2)cc1)C1COC2(CCCC2)OO1. The summed E-state index contributed by atoms with van der Waals surface area (Å²) in [6.07, 6.45) is 13.5. The lowest BCUT2D eigenvalue weighted by Crippen LogP contribution is -2.43. The van der Waals surface area contributed by atoms with Crippen LogP contribution in [0.1, 0.15) is 87.7 Å². The van der Waals surface area contributed by atoms with Crippen LogP contribution in [-0.2, 0) is 14.5 Å². The maximum absolute atomic E-state index is 6.02. The van der Waals surface area contributed by atoms with Gasteiger partial charge in [-0.05, 0) is 48.3 Å². The minimum Gasteiger partial charge on any atom is -0.344 e. The molecule has 1 aromatic carbocycles. The van der Waals surface area contributed by atoms with Crippen molar-refractivity contribution in [1.82, 2.24) is 0 Å². The molecule has 1 heterocycles. The molecule has 3 heteroatoms. The van der Waals surface area contributed by atoms with Crippen LogP contribution < -0.4 is 0 Å². The van der Waals surface area contributed by atoms with Crippen LogP contribution in [0.5, 0.6) is 0 Å². The first kappa shape index (κ1) is 18.2. The molecule has 142 valence electrons. The fraction of sp³-hybridized carbons (Fsp3) is 0.652. The molecule has 1 atom stereocenters. The molecule has 2 saturated carbocycles. The van der Waals surface area contributed by atoms with E-state index in [2.05, 4.69) is 30.8 Å². The van der Waals surface area contributed by atoms with E-state index < -0.39 is 5.79 Å². The summed E-state index contributed by atoms with van der Waals surface area (Å²) >= 11 is 0. The number of benzene rings is 1. The highest BCUT2D eigenvalue weighted by Crippen LogP contribution is 2.39. The van der Waals surface area contributed by atoms with Gasteiger partial charge in [0.2, 0.25) is 5.79 Å². The molecule has 0 amide bonds. The van der Waals surface area contributed by atoms with Crippen molar-refractivity contribution in [3.8, 4) is 0 Å². The van der Waals surface area contributed by atoms with Crippen LogP contribution in [0.4, 0.5) is 0 Å². The van der Waals surface area contributed by atoms with Crippen molar-refractivity contribution in [1.29, 1.82) is 0 Å². The van der Waals surface area contributed by atoms with Crippen molar-refractivity contribution in [3.05, 3.63) is 42.0 Å². The third kappa shape index (κ3) is 4.05. The molecular weight excluding hydrogens is 324 g/mol. The summed E-state index contributed by atoms with van der Waals surface area (Å²) in [7, 11) is 0. The quantitative estimate of drug-likeness (QED) is 0.608. The normalized spacial score (nSPS) is 27.2. The Labute approximate surface area is 157 Å². The second-order valence-corrected chi connectivity index (χ2v) is 8.29. The molecule has 1 saturated heterocycles. The maximum atomic E-state index is 6.02. The maximum Gasteiger partial charge on any atom is 0.201 e. The lowest BCUT2D eigenvalue weighted by atomic mass is 9.85. The van der Waals surface area contributed by atoms with E-state index in [0.717, 1.165) is 42.7 Å². The van der Waals surface area contributed by atoms with Crippen LogP contribution in [0.3, 0.4) is 0 Å². The number of ether oxygens (including phenoxy) is 1. The Bertz CT molecular complexity index is 582. The van der Waals surface area contributed by atoms with E-state index in [1.807, 2.05) is 0 Å². The summed E-state index contributed by atoms with van der Waals surface area (Å²) in [6.45, 7) is 4.78. The average molecular weight is 357 g/mol. The van der Waals surface area contributed by atoms with Crippen molar-refractivity contribution in [2.24, 2.45) is 0 Å².